The molecule has 3 atom stereocenters. The van der Waals surface area contributed by atoms with Gasteiger partial charge in [0.15, 0.2) is 0 Å². The van der Waals surface area contributed by atoms with Crippen molar-refractivity contribution in [3.63, 3.8) is 0 Å². The second-order valence-electron chi connectivity index (χ2n) is 7.22. The van der Waals surface area contributed by atoms with Gasteiger partial charge in [-0.15, -0.1) is 0 Å². The largest absolute Gasteiger partial charge is 0.448 e. The number of nitrogens with zero attached hydrogens (tertiary/aromatic N) is 2. The van der Waals surface area contributed by atoms with E-state index >= 15 is 0 Å². The first kappa shape index (κ1) is 18.0. The summed E-state index contributed by atoms with van der Waals surface area (Å²) in [6.07, 6.45) is -5.14. The highest BCUT2D eigenvalue weighted by atomic mass is 19.4. The Labute approximate surface area is 133 Å². The molecule has 0 bridgehead atoms. The van der Waals surface area contributed by atoms with Crippen LogP contribution in [0.4, 0.5) is 18.0 Å². The van der Waals surface area contributed by atoms with Gasteiger partial charge >= 0.3 is 12.3 Å². The second kappa shape index (κ2) is 5.65. The Hall–Kier alpha value is -1.31. The fourth-order valence-corrected chi connectivity index (χ4v) is 3.37. The summed E-state index contributed by atoms with van der Waals surface area (Å²) >= 11 is 0. The van der Waals surface area contributed by atoms with Crippen molar-refractivity contribution < 1.29 is 27.8 Å². The number of hydrogen-bond acceptors (Lipinski definition) is 4. The Morgan fingerprint density at radius 2 is 2.04 bits per heavy atom. The molecule has 0 aromatic carbocycles. The minimum Gasteiger partial charge on any atom is -0.448 e. The highest BCUT2D eigenvalue weighted by molar-refractivity contribution is 5.92. The van der Waals surface area contributed by atoms with Crippen LogP contribution in [0.5, 0.6) is 0 Å². The van der Waals surface area contributed by atoms with Crippen LogP contribution in [0.15, 0.2) is 5.10 Å². The quantitative estimate of drug-likeness (QED) is 0.797. The van der Waals surface area contributed by atoms with Crippen LogP contribution in [0.3, 0.4) is 0 Å². The summed E-state index contributed by atoms with van der Waals surface area (Å²) in [6, 6.07) is 0. The van der Waals surface area contributed by atoms with Crippen molar-refractivity contribution in [2.45, 2.75) is 58.9 Å². The van der Waals surface area contributed by atoms with Gasteiger partial charge in [0.1, 0.15) is 0 Å². The standard InChI is InChI=1S/C15H23F3N2O3/c1-5-23-12(21)20-14(22,15(16,17)18)10-8-9(13(2,3)4)6-7-11(10)19-20/h9-10,22H,5-8H2,1-4H3/t9-,10-,14-/m0/s1. The first-order valence-electron chi connectivity index (χ1n) is 7.76. The summed E-state index contributed by atoms with van der Waals surface area (Å²) in [5.41, 5.74) is -3.30. The van der Waals surface area contributed by atoms with Crippen LogP contribution < -0.4 is 0 Å². The number of alkyl halides is 3. The van der Waals surface area contributed by atoms with Crippen molar-refractivity contribution in [1.29, 1.82) is 0 Å². The summed E-state index contributed by atoms with van der Waals surface area (Å²) in [7, 11) is 0. The average Bonchev–Trinajstić information content (AvgIpc) is 2.72. The number of ether oxygens (including phenoxy) is 1. The first-order valence-corrected chi connectivity index (χ1v) is 7.76. The van der Waals surface area contributed by atoms with Crippen molar-refractivity contribution in [2.24, 2.45) is 22.4 Å². The van der Waals surface area contributed by atoms with Crippen LogP contribution in [-0.4, -0.2) is 40.4 Å². The van der Waals surface area contributed by atoms with Crippen LogP contribution in [-0.2, 0) is 4.74 Å². The van der Waals surface area contributed by atoms with Crippen molar-refractivity contribution >= 4 is 11.8 Å². The number of halogens is 3. The Morgan fingerprint density at radius 3 is 2.52 bits per heavy atom. The number of carbonyl (C=O) groups is 1. The van der Waals surface area contributed by atoms with Gasteiger partial charge < -0.3 is 9.84 Å². The summed E-state index contributed by atoms with van der Waals surface area (Å²) in [5, 5.41) is 14.3. The van der Waals surface area contributed by atoms with E-state index in [0.717, 1.165) is 0 Å². The fourth-order valence-electron chi connectivity index (χ4n) is 3.37. The summed E-state index contributed by atoms with van der Waals surface area (Å²) in [6.45, 7) is 7.28. The van der Waals surface area contributed by atoms with E-state index in [-0.39, 0.29) is 35.1 Å². The molecule has 1 heterocycles. The van der Waals surface area contributed by atoms with Gasteiger partial charge in [-0.2, -0.15) is 23.3 Å². The normalized spacial score (nSPS) is 31.7. The lowest BCUT2D eigenvalue weighted by molar-refractivity contribution is -0.316. The Balaban J connectivity index is 2.39. The molecule has 1 amide bonds. The molecule has 1 N–H and O–H groups in total. The summed E-state index contributed by atoms with van der Waals surface area (Å²) < 4.78 is 45.5. The number of aliphatic hydroxyl groups is 1. The molecular formula is C15H23F3N2O3. The third kappa shape index (κ3) is 2.93. The second-order valence-corrected chi connectivity index (χ2v) is 7.22. The number of hydrazone groups is 1. The van der Waals surface area contributed by atoms with E-state index in [4.69, 9.17) is 0 Å². The molecule has 5 nitrogen and oxygen atoms in total. The number of rotatable bonds is 1. The molecular weight excluding hydrogens is 313 g/mol. The van der Waals surface area contributed by atoms with Gasteiger partial charge in [-0.25, -0.2) is 4.79 Å². The van der Waals surface area contributed by atoms with Gasteiger partial charge in [-0.05, 0) is 37.5 Å². The maximum absolute atomic E-state index is 13.6. The number of hydrogen-bond donors (Lipinski definition) is 1. The smallest absolute Gasteiger partial charge is 0.439 e. The third-order valence-electron chi connectivity index (χ3n) is 4.79. The average molecular weight is 336 g/mol. The zero-order valence-corrected chi connectivity index (χ0v) is 13.8. The van der Waals surface area contributed by atoms with E-state index in [0.29, 0.717) is 12.8 Å². The lowest BCUT2D eigenvalue weighted by atomic mass is 9.66. The van der Waals surface area contributed by atoms with Crippen molar-refractivity contribution in [3.8, 4) is 0 Å². The van der Waals surface area contributed by atoms with Gasteiger partial charge in [-0.1, -0.05) is 20.8 Å². The molecule has 8 heteroatoms. The van der Waals surface area contributed by atoms with Crippen LogP contribution in [0, 0.1) is 17.3 Å². The lowest BCUT2D eigenvalue weighted by Crippen LogP contribution is -2.62. The van der Waals surface area contributed by atoms with E-state index in [9.17, 15) is 23.1 Å². The van der Waals surface area contributed by atoms with E-state index in [1.165, 1.54) is 6.92 Å². The number of amides is 1. The number of carbonyl (C=O) groups excluding carboxylic acids is 1. The monoisotopic (exact) mass is 336 g/mol. The summed E-state index contributed by atoms with van der Waals surface area (Å²) in [5.74, 6) is -1.24. The zero-order chi connectivity index (χ0) is 17.6. The Kier molecular flexibility index (Phi) is 4.43. The molecule has 0 aromatic heterocycles. The molecule has 132 valence electrons. The maximum Gasteiger partial charge on any atom is 0.439 e. The van der Waals surface area contributed by atoms with Gasteiger partial charge in [0.2, 0.25) is 0 Å². The molecule has 0 unspecified atom stereocenters. The molecule has 1 saturated carbocycles. The topological polar surface area (TPSA) is 62.1 Å². The van der Waals surface area contributed by atoms with E-state index in [1.54, 1.807) is 0 Å². The maximum atomic E-state index is 13.6. The fraction of sp³-hybridized carbons (Fsp3) is 0.867. The predicted octanol–water partition coefficient (Wildman–Crippen LogP) is 3.53. The van der Waals surface area contributed by atoms with Crippen molar-refractivity contribution in [1.82, 2.24) is 5.01 Å². The van der Waals surface area contributed by atoms with Crippen LogP contribution in [0.25, 0.3) is 0 Å². The van der Waals surface area contributed by atoms with Gasteiger partial charge in [0, 0.05) is 5.71 Å². The van der Waals surface area contributed by atoms with Gasteiger partial charge in [-0.3, -0.25) is 0 Å². The van der Waals surface area contributed by atoms with E-state index < -0.39 is 23.9 Å². The zero-order valence-electron chi connectivity index (χ0n) is 13.8. The predicted molar refractivity (Wildman–Crippen MR) is 77.6 cm³/mol. The molecule has 0 aromatic rings. The summed E-state index contributed by atoms with van der Waals surface area (Å²) in [4.78, 5) is 11.9. The molecule has 1 aliphatic carbocycles. The van der Waals surface area contributed by atoms with Crippen LogP contribution in [0.1, 0.15) is 47.0 Å². The van der Waals surface area contributed by atoms with Gasteiger partial charge in [0.05, 0.1) is 12.5 Å². The molecule has 1 aliphatic heterocycles. The SMILES string of the molecule is CCOC(=O)N1N=C2CC[C@H](C(C)(C)C)C[C@@H]2[C@]1(O)C(F)(F)F. The molecule has 0 radical (unpaired) electrons. The number of fused-ring (bicyclic) bond motifs is 1. The molecule has 1 fully saturated rings. The van der Waals surface area contributed by atoms with Crippen LogP contribution in [0.2, 0.25) is 0 Å². The van der Waals surface area contributed by atoms with Crippen molar-refractivity contribution in [3.05, 3.63) is 0 Å². The Bertz CT molecular complexity index is 513. The third-order valence-corrected chi connectivity index (χ3v) is 4.79. The van der Waals surface area contributed by atoms with Crippen molar-refractivity contribution in [2.75, 3.05) is 6.61 Å². The molecule has 23 heavy (non-hydrogen) atoms. The van der Waals surface area contributed by atoms with Gasteiger partial charge in [0.25, 0.3) is 5.72 Å². The molecule has 0 saturated heterocycles. The van der Waals surface area contributed by atoms with E-state index in [1.807, 2.05) is 20.8 Å². The highest BCUT2D eigenvalue weighted by Crippen LogP contribution is 2.51. The van der Waals surface area contributed by atoms with E-state index in [2.05, 4.69) is 9.84 Å². The Morgan fingerprint density at radius 1 is 1.43 bits per heavy atom. The highest BCUT2D eigenvalue weighted by Gasteiger charge is 2.69. The molecule has 2 rings (SSSR count). The van der Waals surface area contributed by atoms with Crippen LogP contribution >= 0.6 is 0 Å². The lowest BCUT2D eigenvalue weighted by Gasteiger charge is -2.42. The first-order chi connectivity index (χ1) is 10.4. The minimum absolute atomic E-state index is 0.00229. The minimum atomic E-state index is -5.02. The molecule has 0 spiro atoms. The molecule has 2 aliphatic rings.